The van der Waals surface area contributed by atoms with Crippen LogP contribution in [0.2, 0.25) is 0 Å². The number of nitrogens with zero attached hydrogens (tertiary/aromatic N) is 14. The number of benzene rings is 1. The zero-order valence-electron chi connectivity index (χ0n) is 80.7. The first-order valence-corrected chi connectivity index (χ1v) is 48.0. The number of amides is 4. The number of ketones is 3. The van der Waals surface area contributed by atoms with Crippen molar-refractivity contribution in [2.75, 3.05) is 143 Å². The maximum absolute atomic E-state index is 14.9. The number of aromatic nitrogens is 10. The van der Waals surface area contributed by atoms with Crippen LogP contribution in [0, 0.1) is 35.5 Å². The number of piperazine rings is 1. The molecule has 5 aliphatic heterocycles. The molecule has 13 rings (SSSR count). The number of piperidine rings is 1. The number of carbonyl (C=O) groups is 8. The van der Waals surface area contributed by atoms with E-state index >= 15 is 0 Å². The van der Waals surface area contributed by atoms with Crippen LogP contribution in [0.4, 0.5) is 22.5 Å². The van der Waals surface area contributed by atoms with E-state index in [0.717, 1.165) is 39.7 Å². The number of fused-ring (bicyclic) bond motifs is 6. The fourth-order valence-electron chi connectivity index (χ4n) is 19.0. The average molecular weight is 1900 g/mol. The number of nitrogens with one attached hydrogen (secondary N) is 2. The summed E-state index contributed by atoms with van der Waals surface area (Å²) in [4.78, 5) is 156. The summed E-state index contributed by atoms with van der Waals surface area (Å²) in [6, 6.07) is 9.10. The lowest BCUT2D eigenvalue weighted by atomic mass is 9.78. The van der Waals surface area contributed by atoms with Crippen LogP contribution in [0.15, 0.2) is 121 Å². The number of aliphatic hydroxyl groups excluding tert-OH is 1. The summed E-state index contributed by atoms with van der Waals surface area (Å²) >= 11 is 0. The Balaban J connectivity index is 0.499. The lowest BCUT2D eigenvalue weighted by Crippen LogP contribution is -2.61. The van der Waals surface area contributed by atoms with Crippen LogP contribution in [0.3, 0.4) is 0 Å². The summed E-state index contributed by atoms with van der Waals surface area (Å²) in [5.41, 5.74) is 14.8. The Morgan fingerprint density at radius 3 is 2.14 bits per heavy atom. The molecule has 3 saturated heterocycles. The first kappa shape index (κ1) is 103. The molecule has 137 heavy (non-hydrogen) atoms. The molecular weight excluding hydrogens is 1760 g/mol. The molecule has 7 aromatic rings. The highest BCUT2D eigenvalue weighted by molar-refractivity contribution is 6.39. The van der Waals surface area contributed by atoms with Gasteiger partial charge in [-0.15, -0.1) is 0 Å². The number of nitrogen functional groups attached to an aromatic ring is 1. The molecule has 37 heteroatoms. The molecule has 1 aliphatic carbocycles. The number of aliphatic hydroxyl groups is 2. The summed E-state index contributed by atoms with van der Waals surface area (Å²) in [6.45, 7) is 19.6. The van der Waals surface area contributed by atoms with Crippen molar-refractivity contribution in [3.8, 4) is 11.3 Å². The second-order valence-corrected chi connectivity index (χ2v) is 37.2. The fraction of sp³-hybridized carbons (Fsp3) is 0.580. The highest BCUT2D eigenvalue weighted by Gasteiger charge is 2.53. The molecule has 11 heterocycles. The van der Waals surface area contributed by atoms with E-state index in [1.807, 2.05) is 88.9 Å². The van der Waals surface area contributed by atoms with Crippen molar-refractivity contribution < 1.29 is 95.9 Å². The molecule has 0 unspecified atom stereocenters. The predicted molar refractivity (Wildman–Crippen MR) is 509 cm³/mol. The Hall–Kier alpha value is -11.3. The molecule has 0 radical (unpaired) electrons. The van der Waals surface area contributed by atoms with Crippen LogP contribution in [0.1, 0.15) is 165 Å². The SMILES string of the molecule is CO[C@H]1C[C@@H]2CC[C@@H](C)[C@@](O)(O2)C(=O)C(=O)N2CCCC[C@H]2C(=O)O[C@H]([C@H](C)C[C@@H]2CC[C@@H](OC(=O)N(C)Cc3cnc(N4CCN(c5ncc(C(=O)NCCOCCOCCOCCOCCC(=O)N6CCc7cc(Cn8nc(-c9cnc%10[nH]ccc%10c9)c9c(N)ncnc98)ccc7C6)cn5)CC4)nc3)[C@H](OC)C2)CC(=O)[C@H](C)/C=C(\C)[C@@H](O)[C@@H](OC)C(=O)[C@H](C)C[C@H](C)/C=C/C=CC=C1C. The number of methoxy groups -OCH3 is 3. The number of carbonyl (C=O) groups excluding carboxylic acids is 8. The standard InChI is InChI=1S/C100H135N17O20/c1-62-17-13-12-14-18-63(2)81(128-9)51-77-24-20-68(7)100(127,137-77)90(122)95(124)116-31-16-15-19-78(116)96(125)135-82(52-79(118)64(3)46-67(6)88(121)89(130-11)87(120)66(5)45-62)65(4)47-69-22-25-80(83(49-69)129-10)136-99(126)112(8)58-71-53-105-97(106-54-71)113-33-35-114(36-34-113)98-107-56-76(57-108-98)94(123)103-30-38-132-40-42-134-44-43-133-41-39-131-37-28-84(119)115-32-27-72-48-70(21-23-74(72)60-115)59-117-93-85(91(101)109-61-110-93)86(111-117)75-50-73-26-29-102-92(73)104-55-75/h12-14,17-18,21,23,26,29,46,48,50,53-57,61-62,64-66,68-69,77-78,80-83,88-89,121,127H,15-16,19-20,22,24-25,27-28,30-45,47,49,51-52,58-60H2,1-11H3,(H,102,104)(H,103,123)(H2,101,109,110)/b14-12?,17-13+,63-18?,67-46+/t62-,64-,65-,66-,68-,69+,77+,78+,80-,81+,82+,83-,88-,89+,100-/m1/s1. The van der Waals surface area contributed by atoms with Crippen molar-refractivity contribution in [2.45, 2.75) is 213 Å². The Morgan fingerprint density at radius 1 is 0.723 bits per heavy atom. The molecule has 2 bridgehead atoms. The zero-order valence-corrected chi connectivity index (χ0v) is 80.7. The summed E-state index contributed by atoms with van der Waals surface area (Å²) in [7, 11) is 6.13. The summed E-state index contributed by atoms with van der Waals surface area (Å²) in [5.74, 6) is -7.73. The van der Waals surface area contributed by atoms with E-state index in [2.05, 4.69) is 63.4 Å². The van der Waals surface area contributed by atoms with Gasteiger partial charge in [-0.2, -0.15) is 5.10 Å². The highest BCUT2D eigenvalue weighted by Crippen LogP contribution is 2.40. The second kappa shape index (κ2) is 49.3. The van der Waals surface area contributed by atoms with Crippen molar-refractivity contribution >= 4 is 86.9 Å². The number of cyclic esters (lactones) is 1. The number of hydrogen-bond donors (Lipinski definition) is 5. The van der Waals surface area contributed by atoms with Crippen molar-refractivity contribution in [1.82, 2.24) is 69.7 Å². The van der Waals surface area contributed by atoms with E-state index in [-0.39, 0.29) is 93.7 Å². The van der Waals surface area contributed by atoms with Gasteiger partial charge in [0.2, 0.25) is 23.6 Å². The Bertz CT molecular complexity index is 5390. The van der Waals surface area contributed by atoms with Gasteiger partial charge in [-0.1, -0.05) is 89.3 Å². The smallest absolute Gasteiger partial charge is 0.410 e. The van der Waals surface area contributed by atoms with Gasteiger partial charge in [0.25, 0.3) is 17.6 Å². The van der Waals surface area contributed by atoms with Crippen LogP contribution >= 0.6 is 0 Å². The number of H-pyrrole nitrogens is 1. The Morgan fingerprint density at radius 2 is 1.43 bits per heavy atom. The van der Waals surface area contributed by atoms with Gasteiger partial charge in [0, 0.05) is 165 Å². The molecule has 740 valence electrons. The third-order valence-electron chi connectivity index (χ3n) is 27.2. The highest BCUT2D eigenvalue weighted by atomic mass is 16.6. The molecule has 1 aromatic carbocycles. The Labute approximate surface area is 799 Å². The van der Waals surface area contributed by atoms with E-state index in [0.29, 0.717) is 194 Å². The van der Waals surface area contributed by atoms with Gasteiger partial charge in [-0.3, -0.25) is 28.8 Å². The number of pyridine rings is 1. The first-order valence-electron chi connectivity index (χ1n) is 48.0. The van der Waals surface area contributed by atoms with Gasteiger partial charge in [-0.25, -0.2) is 49.2 Å². The van der Waals surface area contributed by atoms with E-state index in [9.17, 15) is 48.6 Å². The van der Waals surface area contributed by atoms with Crippen molar-refractivity contribution in [2.24, 2.45) is 35.5 Å². The summed E-state index contributed by atoms with van der Waals surface area (Å²) in [6.07, 6.45) is 21.6. The molecule has 0 spiro atoms. The molecule has 37 nitrogen and oxygen atoms in total. The number of rotatable bonds is 30. The van der Waals surface area contributed by atoms with Gasteiger partial charge in [0.1, 0.15) is 59.7 Å². The molecule has 6 aliphatic rings. The van der Waals surface area contributed by atoms with Crippen LogP contribution in [-0.4, -0.2) is 303 Å². The third kappa shape index (κ3) is 27.0. The molecular formula is C100H135N17O20. The minimum absolute atomic E-state index is 0.0261. The minimum atomic E-state index is -2.49. The maximum atomic E-state index is 14.9. The predicted octanol–water partition coefficient (Wildman–Crippen LogP) is 9.45. The number of esters is 1. The van der Waals surface area contributed by atoms with Gasteiger partial charge in [0.05, 0.1) is 102 Å². The minimum Gasteiger partial charge on any atom is -0.460 e. The normalized spacial score (nSPS) is 25.9. The molecule has 6 N–H and O–H groups in total. The van der Waals surface area contributed by atoms with Crippen LogP contribution in [-0.2, 0) is 102 Å². The van der Waals surface area contributed by atoms with Gasteiger partial charge in [-0.05, 0) is 142 Å². The number of allylic oxidation sites excluding steroid dienone is 6. The van der Waals surface area contributed by atoms with Crippen LogP contribution in [0.25, 0.3) is 33.3 Å². The van der Waals surface area contributed by atoms with Gasteiger partial charge in [0.15, 0.2) is 11.4 Å². The zero-order chi connectivity index (χ0) is 97.4. The second-order valence-electron chi connectivity index (χ2n) is 37.2. The first-order chi connectivity index (χ1) is 66.1. The van der Waals surface area contributed by atoms with Crippen molar-refractivity contribution in [1.29, 1.82) is 0 Å². The maximum Gasteiger partial charge on any atom is 0.410 e. The van der Waals surface area contributed by atoms with E-state index in [4.69, 9.17) is 58.2 Å². The molecule has 6 aromatic heterocycles. The van der Waals surface area contributed by atoms with E-state index < -0.39 is 102 Å². The number of hydrogen-bond acceptors (Lipinski definition) is 31. The number of ether oxygens (including phenoxy) is 10. The lowest BCUT2D eigenvalue weighted by Gasteiger charge is -2.42. The summed E-state index contributed by atoms with van der Waals surface area (Å²) < 4.78 is 61.0. The number of nitrogens with two attached hydrogens (primary N) is 1. The molecule has 4 fully saturated rings. The quantitative estimate of drug-likeness (QED) is 0.0121. The summed E-state index contributed by atoms with van der Waals surface area (Å²) in [5, 5.41) is 33.3. The molecule has 1 saturated carbocycles. The van der Waals surface area contributed by atoms with Crippen molar-refractivity contribution in [3.63, 3.8) is 0 Å². The van der Waals surface area contributed by atoms with Gasteiger partial charge < -0.3 is 98.1 Å². The van der Waals surface area contributed by atoms with Crippen LogP contribution in [0.5, 0.6) is 0 Å². The molecule has 4 amide bonds. The van der Waals surface area contributed by atoms with Crippen LogP contribution < -0.4 is 20.9 Å². The van der Waals surface area contributed by atoms with Crippen molar-refractivity contribution in [3.05, 3.63) is 149 Å². The number of Topliss-reactive ketones (excluding diaryl/α,β-unsaturated/α-hetero) is 3. The average Bonchev–Trinajstić information content (AvgIpc) is 0.997. The Kier molecular flexibility index (Phi) is 37.1. The largest absolute Gasteiger partial charge is 0.460 e. The molecule has 15 atom stereocenters. The van der Waals surface area contributed by atoms with E-state index in [1.54, 1.807) is 73.6 Å². The van der Waals surface area contributed by atoms with Gasteiger partial charge >= 0.3 is 12.1 Å². The number of aromatic amines is 1. The fourth-order valence-corrected chi connectivity index (χ4v) is 19.0. The van der Waals surface area contributed by atoms with E-state index in [1.165, 1.54) is 41.2 Å². The topological polar surface area (TPSA) is 447 Å². The monoisotopic (exact) mass is 1890 g/mol. The number of anilines is 3. The third-order valence-corrected chi connectivity index (χ3v) is 27.2. The lowest BCUT2D eigenvalue weighted by molar-refractivity contribution is -0.265.